The number of furan rings is 1. The Morgan fingerprint density at radius 1 is 1.08 bits per heavy atom. The topological polar surface area (TPSA) is 78.6 Å². The van der Waals surface area contributed by atoms with Crippen molar-refractivity contribution < 1.29 is 23.5 Å². The summed E-state index contributed by atoms with van der Waals surface area (Å²) < 4.78 is 15.4. The van der Waals surface area contributed by atoms with Crippen molar-refractivity contribution in [2.45, 2.75) is 20.5 Å². The third-order valence-electron chi connectivity index (χ3n) is 3.77. The van der Waals surface area contributed by atoms with E-state index in [4.69, 9.17) is 13.9 Å². The van der Waals surface area contributed by atoms with Crippen LogP contribution in [0.25, 0.3) is 10.9 Å². The molecule has 0 aliphatic carbocycles. The zero-order valence-corrected chi connectivity index (χ0v) is 13.9. The number of carbonyl (C=O) groups excluding carboxylic acids is 2. The van der Waals surface area contributed by atoms with E-state index in [1.54, 1.807) is 13.0 Å². The largest absolute Gasteiger partial charge is 0.462 e. The van der Waals surface area contributed by atoms with Crippen LogP contribution < -0.4 is 0 Å². The number of esters is 2. The maximum atomic E-state index is 12.4. The normalized spacial score (nSPS) is 10.6. The van der Waals surface area contributed by atoms with Gasteiger partial charge in [0.2, 0.25) is 5.76 Å². The first kappa shape index (κ1) is 16.7. The first-order chi connectivity index (χ1) is 12.1. The number of fused-ring (bicyclic) bond motifs is 1. The monoisotopic (exact) mass is 339 g/mol. The van der Waals surface area contributed by atoms with Gasteiger partial charge in [-0.05, 0) is 37.6 Å². The number of rotatable bonds is 5. The number of benzene rings is 1. The maximum absolute atomic E-state index is 12.4. The minimum Gasteiger partial charge on any atom is -0.462 e. The molecular formula is C19H17NO5. The Bertz CT molecular complexity index is 915. The van der Waals surface area contributed by atoms with Gasteiger partial charge in [-0.15, -0.1) is 0 Å². The molecule has 0 aliphatic rings. The molecule has 0 N–H and O–H groups in total. The molecule has 2 heterocycles. The number of aromatic nitrogens is 1. The average molecular weight is 339 g/mol. The lowest BCUT2D eigenvalue weighted by atomic mass is 10.0. The number of nitrogens with zero attached hydrogens (tertiary/aromatic N) is 1. The van der Waals surface area contributed by atoms with Crippen molar-refractivity contribution >= 4 is 22.8 Å². The lowest BCUT2D eigenvalue weighted by molar-refractivity contribution is 0.0414. The summed E-state index contributed by atoms with van der Waals surface area (Å²) >= 11 is 0. The van der Waals surface area contributed by atoms with E-state index in [9.17, 15) is 9.59 Å². The van der Waals surface area contributed by atoms with Crippen LogP contribution in [0, 0.1) is 6.92 Å². The van der Waals surface area contributed by atoms with Crippen LogP contribution >= 0.6 is 0 Å². The number of hydrogen-bond acceptors (Lipinski definition) is 6. The minimum absolute atomic E-state index is 0.0928. The van der Waals surface area contributed by atoms with Crippen molar-refractivity contribution in [3.63, 3.8) is 0 Å². The number of para-hydroxylation sites is 1. The summed E-state index contributed by atoms with van der Waals surface area (Å²) in [5.74, 6) is -1.01. The molecule has 0 amide bonds. The highest BCUT2D eigenvalue weighted by molar-refractivity contribution is 5.98. The van der Waals surface area contributed by atoms with Crippen LogP contribution in [0.5, 0.6) is 0 Å². The lowest BCUT2D eigenvalue weighted by Gasteiger charge is -2.13. The second-order valence-corrected chi connectivity index (χ2v) is 5.35. The molecule has 0 saturated carbocycles. The highest BCUT2D eigenvalue weighted by atomic mass is 16.5. The second-order valence-electron chi connectivity index (χ2n) is 5.35. The van der Waals surface area contributed by atoms with Gasteiger partial charge >= 0.3 is 11.9 Å². The van der Waals surface area contributed by atoms with Crippen LogP contribution in [0.1, 0.15) is 39.1 Å². The second kappa shape index (κ2) is 7.17. The minimum atomic E-state index is -0.618. The summed E-state index contributed by atoms with van der Waals surface area (Å²) in [5.41, 5.74) is 2.15. The Kier molecular flexibility index (Phi) is 4.79. The third-order valence-corrected chi connectivity index (χ3v) is 3.77. The van der Waals surface area contributed by atoms with Crippen molar-refractivity contribution in [2.24, 2.45) is 0 Å². The molecule has 1 aromatic carbocycles. The van der Waals surface area contributed by atoms with E-state index in [2.05, 4.69) is 4.98 Å². The van der Waals surface area contributed by atoms with Crippen molar-refractivity contribution in [2.75, 3.05) is 6.61 Å². The maximum Gasteiger partial charge on any atom is 0.374 e. The molecule has 0 radical (unpaired) electrons. The molecule has 0 unspecified atom stereocenters. The first-order valence-corrected chi connectivity index (χ1v) is 7.87. The number of ether oxygens (including phenoxy) is 2. The van der Waals surface area contributed by atoms with Gasteiger partial charge in [0.15, 0.2) is 0 Å². The predicted octanol–water partition coefficient (Wildman–Crippen LogP) is 3.67. The van der Waals surface area contributed by atoms with Gasteiger partial charge in [-0.1, -0.05) is 18.2 Å². The molecule has 0 fully saturated rings. The molecule has 0 aliphatic heterocycles. The predicted molar refractivity (Wildman–Crippen MR) is 90.3 cm³/mol. The fourth-order valence-electron chi connectivity index (χ4n) is 2.62. The van der Waals surface area contributed by atoms with Gasteiger partial charge in [-0.3, -0.25) is 0 Å². The Morgan fingerprint density at radius 2 is 1.88 bits per heavy atom. The van der Waals surface area contributed by atoms with Crippen molar-refractivity contribution in [1.29, 1.82) is 0 Å². The van der Waals surface area contributed by atoms with Crippen molar-refractivity contribution in [3.8, 4) is 0 Å². The first-order valence-electron chi connectivity index (χ1n) is 7.87. The van der Waals surface area contributed by atoms with Crippen LogP contribution in [0.15, 0.2) is 47.1 Å². The molecular weight excluding hydrogens is 322 g/mol. The fourth-order valence-corrected chi connectivity index (χ4v) is 2.62. The zero-order valence-electron chi connectivity index (χ0n) is 13.9. The molecule has 0 saturated heterocycles. The molecule has 0 spiro atoms. The quantitative estimate of drug-likeness (QED) is 0.660. The Morgan fingerprint density at radius 3 is 2.60 bits per heavy atom. The van der Waals surface area contributed by atoms with E-state index in [1.165, 1.54) is 12.3 Å². The molecule has 0 atom stereocenters. The smallest absolute Gasteiger partial charge is 0.374 e. The van der Waals surface area contributed by atoms with Gasteiger partial charge < -0.3 is 13.9 Å². The molecule has 25 heavy (non-hydrogen) atoms. The lowest BCUT2D eigenvalue weighted by Crippen LogP contribution is -2.15. The number of pyridine rings is 1. The third kappa shape index (κ3) is 3.38. The van der Waals surface area contributed by atoms with E-state index in [-0.39, 0.29) is 19.0 Å². The summed E-state index contributed by atoms with van der Waals surface area (Å²) in [6.07, 6.45) is 1.39. The molecule has 6 heteroatoms. The molecule has 128 valence electrons. The van der Waals surface area contributed by atoms with Crippen LogP contribution in [0.4, 0.5) is 0 Å². The average Bonchev–Trinajstić information content (AvgIpc) is 3.14. The Balaban J connectivity index is 1.98. The van der Waals surface area contributed by atoms with Gasteiger partial charge in [0.1, 0.15) is 6.61 Å². The molecule has 3 aromatic rings. The molecule has 6 nitrogen and oxygen atoms in total. The van der Waals surface area contributed by atoms with Crippen LogP contribution in [-0.2, 0) is 16.1 Å². The fraction of sp³-hybridized carbons (Fsp3) is 0.211. The molecule has 2 aromatic heterocycles. The highest BCUT2D eigenvalue weighted by Gasteiger charge is 2.21. The Labute approximate surface area is 144 Å². The van der Waals surface area contributed by atoms with E-state index in [0.29, 0.717) is 11.3 Å². The van der Waals surface area contributed by atoms with Crippen LogP contribution in [-0.4, -0.2) is 23.5 Å². The van der Waals surface area contributed by atoms with Gasteiger partial charge in [0.05, 0.1) is 29.6 Å². The number of carbonyl (C=O) groups is 2. The van der Waals surface area contributed by atoms with Gasteiger partial charge in [-0.25, -0.2) is 14.6 Å². The van der Waals surface area contributed by atoms with Gasteiger partial charge in [0.25, 0.3) is 0 Å². The van der Waals surface area contributed by atoms with E-state index in [1.807, 2.05) is 31.2 Å². The summed E-state index contributed by atoms with van der Waals surface area (Å²) in [4.78, 5) is 28.8. The number of aryl methyl sites for hydroxylation is 1. The van der Waals surface area contributed by atoms with Gasteiger partial charge in [0, 0.05) is 5.39 Å². The summed E-state index contributed by atoms with van der Waals surface area (Å²) in [6, 6.07) is 10.6. The highest BCUT2D eigenvalue weighted by Crippen LogP contribution is 2.24. The molecule has 3 rings (SSSR count). The standard InChI is InChI=1S/C19H17NO5/c1-3-23-19(22)17-12(2)13-7-4-5-8-14(13)20-15(17)11-25-18(21)16-9-6-10-24-16/h4-10H,3,11H2,1-2H3. The summed E-state index contributed by atoms with van der Waals surface area (Å²) in [7, 11) is 0. The summed E-state index contributed by atoms with van der Waals surface area (Å²) in [5, 5.41) is 0.853. The SMILES string of the molecule is CCOC(=O)c1c(COC(=O)c2ccco2)nc2ccccc2c1C. The Hall–Kier alpha value is -3.15. The van der Waals surface area contributed by atoms with Crippen LogP contribution in [0.2, 0.25) is 0 Å². The van der Waals surface area contributed by atoms with E-state index < -0.39 is 11.9 Å². The molecule has 0 bridgehead atoms. The summed E-state index contributed by atoms with van der Waals surface area (Å²) in [6.45, 7) is 3.66. The van der Waals surface area contributed by atoms with Crippen LogP contribution in [0.3, 0.4) is 0 Å². The van der Waals surface area contributed by atoms with E-state index >= 15 is 0 Å². The van der Waals surface area contributed by atoms with Crippen molar-refractivity contribution in [1.82, 2.24) is 4.98 Å². The van der Waals surface area contributed by atoms with Gasteiger partial charge in [-0.2, -0.15) is 0 Å². The number of hydrogen-bond donors (Lipinski definition) is 0. The van der Waals surface area contributed by atoms with Crippen molar-refractivity contribution in [3.05, 3.63) is 65.2 Å². The van der Waals surface area contributed by atoms with E-state index in [0.717, 1.165) is 16.5 Å². The zero-order chi connectivity index (χ0) is 17.8.